The van der Waals surface area contributed by atoms with Crippen LogP contribution in [0, 0.1) is 5.82 Å². The minimum atomic E-state index is -0.559. The van der Waals surface area contributed by atoms with Crippen LogP contribution in [0.25, 0.3) is 0 Å². The molecule has 1 aliphatic heterocycles. The largest absolute Gasteiger partial charge is 0.454 e. The van der Waals surface area contributed by atoms with E-state index in [9.17, 15) is 9.18 Å². The first-order chi connectivity index (χ1) is 11.6. The van der Waals surface area contributed by atoms with E-state index < -0.39 is 5.82 Å². The maximum absolute atomic E-state index is 14.2. The van der Waals surface area contributed by atoms with Gasteiger partial charge in [0.15, 0.2) is 11.6 Å². The molecule has 3 rings (SSSR count). The van der Waals surface area contributed by atoms with Crippen LogP contribution in [-0.4, -0.2) is 25.0 Å². The van der Waals surface area contributed by atoms with Gasteiger partial charge < -0.3 is 15.4 Å². The fourth-order valence-electron chi connectivity index (χ4n) is 2.59. The first-order valence-corrected chi connectivity index (χ1v) is 8.66. The fraction of sp³-hybridized carbons (Fsp3) is 0.278. The molecule has 7 heteroatoms. The van der Waals surface area contributed by atoms with Crippen molar-refractivity contribution >= 4 is 34.2 Å². The van der Waals surface area contributed by atoms with Crippen LogP contribution in [0.4, 0.5) is 4.39 Å². The summed E-state index contributed by atoms with van der Waals surface area (Å²) in [6, 6.07) is 11.5. The predicted octanol–water partition coefficient (Wildman–Crippen LogP) is 4.28. The van der Waals surface area contributed by atoms with E-state index in [0.717, 1.165) is 30.4 Å². The number of hydrogen-bond acceptors (Lipinski definition) is 3. The van der Waals surface area contributed by atoms with Gasteiger partial charge in [0.05, 0.1) is 0 Å². The van der Waals surface area contributed by atoms with Gasteiger partial charge in [0, 0.05) is 16.1 Å². The molecule has 2 aromatic carbocycles. The van der Waals surface area contributed by atoms with Crippen LogP contribution >= 0.6 is 28.3 Å². The van der Waals surface area contributed by atoms with Crippen LogP contribution < -0.4 is 15.4 Å². The van der Waals surface area contributed by atoms with Crippen LogP contribution in [0.5, 0.6) is 11.5 Å². The van der Waals surface area contributed by atoms with Crippen LogP contribution in [0.1, 0.15) is 23.2 Å². The molecule has 0 atom stereocenters. The van der Waals surface area contributed by atoms with E-state index in [1.807, 2.05) is 12.1 Å². The topological polar surface area (TPSA) is 50.4 Å². The van der Waals surface area contributed by atoms with Crippen LogP contribution in [0.15, 0.2) is 46.9 Å². The number of hydrogen-bond donors (Lipinski definition) is 2. The Kier molecular flexibility index (Phi) is 7.23. The highest BCUT2D eigenvalue weighted by molar-refractivity contribution is 9.10. The molecular weight excluding hydrogens is 411 g/mol. The standard InChI is InChI=1S/C18H18BrFN2O2.ClH/c19-13-2-4-15(5-3-13)24-17-6-1-12(11-16(17)20)18(23)22-14-7-9-21-10-8-14;/h1-6,11,14,21H,7-10H2,(H,22,23);1H. The fourth-order valence-corrected chi connectivity index (χ4v) is 2.85. The maximum atomic E-state index is 14.2. The molecule has 1 heterocycles. The van der Waals surface area contributed by atoms with Crippen molar-refractivity contribution in [2.24, 2.45) is 0 Å². The molecule has 1 amide bonds. The summed E-state index contributed by atoms with van der Waals surface area (Å²) in [6.07, 6.45) is 1.78. The second-order valence-corrected chi connectivity index (χ2v) is 6.61. The summed E-state index contributed by atoms with van der Waals surface area (Å²) in [6.45, 7) is 1.78. The Morgan fingerprint density at radius 1 is 1.16 bits per heavy atom. The molecule has 25 heavy (non-hydrogen) atoms. The van der Waals surface area contributed by atoms with Crippen molar-refractivity contribution in [2.75, 3.05) is 13.1 Å². The lowest BCUT2D eigenvalue weighted by Gasteiger charge is -2.23. The predicted molar refractivity (Wildman–Crippen MR) is 101 cm³/mol. The van der Waals surface area contributed by atoms with Gasteiger partial charge in [-0.05, 0) is 68.4 Å². The molecule has 0 radical (unpaired) electrons. The van der Waals surface area contributed by atoms with Crippen LogP contribution in [0.3, 0.4) is 0 Å². The number of nitrogens with one attached hydrogen (secondary N) is 2. The van der Waals surface area contributed by atoms with Gasteiger partial charge in [0.2, 0.25) is 0 Å². The molecule has 134 valence electrons. The van der Waals surface area contributed by atoms with Crippen molar-refractivity contribution < 1.29 is 13.9 Å². The molecule has 0 unspecified atom stereocenters. The zero-order valence-electron chi connectivity index (χ0n) is 13.4. The quantitative estimate of drug-likeness (QED) is 0.762. The van der Waals surface area contributed by atoms with Gasteiger partial charge in [0.1, 0.15) is 5.75 Å². The van der Waals surface area contributed by atoms with E-state index in [0.29, 0.717) is 11.3 Å². The third-order valence-electron chi connectivity index (χ3n) is 3.91. The lowest BCUT2D eigenvalue weighted by molar-refractivity contribution is 0.0929. The Hall–Kier alpha value is -1.63. The highest BCUT2D eigenvalue weighted by atomic mass is 79.9. The Morgan fingerprint density at radius 2 is 1.84 bits per heavy atom. The highest BCUT2D eigenvalue weighted by Gasteiger charge is 2.17. The van der Waals surface area contributed by atoms with E-state index in [2.05, 4.69) is 26.6 Å². The second kappa shape index (κ2) is 9.17. The van der Waals surface area contributed by atoms with Crippen molar-refractivity contribution in [3.8, 4) is 11.5 Å². The summed E-state index contributed by atoms with van der Waals surface area (Å²) >= 11 is 3.33. The Balaban J connectivity index is 0.00000225. The Labute approximate surface area is 160 Å². The van der Waals surface area contributed by atoms with Gasteiger partial charge in [-0.1, -0.05) is 15.9 Å². The highest BCUT2D eigenvalue weighted by Crippen LogP contribution is 2.26. The summed E-state index contributed by atoms with van der Waals surface area (Å²) in [4.78, 5) is 12.2. The lowest BCUT2D eigenvalue weighted by atomic mass is 10.1. The van der Waals surface area contributed by atoms with Crippen molar-refractivity contribution in [1.29, 1.82) is 0 Å². The zero-order valence-corrected chi connectivity index (χ0v) is 15.8. The molecule has 4 nitrogen and oxygen atoms in total. The monoisotopic (exact) mass is 428 g/mol. The van der Waals surface area contributed by atoms with Gasteiger partial charge >= 0.3 is 0 Å². The van der Waals surface area contributed by atoms with Gasteiger partial charge in [-0.25, -0.2) is 4.39 Å². The molecule has 0 bridgehead atoms. The van der Waals surface area contributed by atoms with E-state index in [-0.39, 0.29) is 30.1 Å². The molecule has 1 aliphatic rings. The number of halogens is 3. The van der Waals surface area contributed by atoms with Crippen molar-refractivity contribution in [2.45, 2.75) is 18.9 Å². The average Bonchev–Trinajstić information content (AvgIpc) is 2.59. The summed E-state index contributed by atoms with van der Waals surface area (Å²) < 4.78 is 20.7. The first-order valence-electron chi connectivity index (χ1n) is 7.86. The Morgan fingerprint density at radius 3 is 2.48 bits per heavy atom. The molecule has 1 fully saturated rings. The second-order valence-electron chi connectivity index (χ2n) is 5.70. The number of amides is 1. The molecule has 0 aliphatic carbocycles. The number of carbonyl (C=O) groups is 1. The van der Waals surface area contributed by atoms with Gasteiger partial charge in [-0.15, -0.1) is 12.4 Å². The number of rotatable bonds is 4. The Bertz CT molecular complexity index is 722. The van der Waals surface area contributed by atoms with Crippen molar-refractivity contribution in [3.63, 3.8) is 0 Å². The summed E-state index contributed by atoms with van der Waals surface area (Å²) in [7, 11) is 0. The van der Waals surface area contributed by atoms with E-state index in [1.54, 1.807) is 18.2 Å². The minimum absolute atomic E-state index is 0. The van der Waals surface area contributed by atoms with E-state index >= 15 is 0 Å². The third-order valence-corrected chi connectivity index (χ3v) is 4.44. The van der Waals surface area contributed by atoms with Gasteiger partial charge in [-0.2, -0.15) is 0 Å². The summed E-state index contributed by atoms with van der Waals surface area (Å²) in [5, 5.41) is 6.19. The number of benzene rings is 2. The van der Waals surface area contributed by atoms with E-state index in [1.165, 1.54) is 12.1 Å². The summed E-state index contributed by atoms with van der Waals surface area (Å²) in [5.74, 6) is -0.188. The number of ether oxygens (including phenoxy) is 1. The molecule has 0 aromatic heterocycles. The smallest absolute Gasteiger partial charge is 0.251 e. The molecule has 2 aromatic rings. The molecule has 1 saturated heterocycles. The van der Waals surface area contributed by atoms with Crippen molar-refractivity contribution in [1.82, 2.24) is 10.6 Å². The van der Waals surface area contributed by atoms with Gasteiger partial charge in [-0.3, -0.25) is 4.79 Å². The molecular formula is C18H19BrClFN2O2. The SMILES string of the molecule is Cl.O=C(NC1CCNCC1)c1ccc(Oc2ccc(Br)cc2)c(F)c1. The lowest BCUT2D eigenvalue weighted by Crippen LogP contribution is -2.42. The summed E-state index contributed by atoms with van der Waals surface area (Å²) in [5.41, 5.74) is 0.300. The van der Waals surface area contributed by atoms with E-state index in [4.69, 9.17) is 4.74 Å². The van der Waals surface area contributed by atoms with Crippen LogP contribution in [0.2, 0.25) is 0 Å². The average molecular weight is 430 g/mol. The van der Waals surface area contributed by atoms with Gasteiger partial charge in [0.25, 0.3) is 5.91 Å². The van der Waals surface area contributed by atoms with Crippen LogP contribution in [-0.2, 0) is 0 Å². The number of piperidine rings is 1. The minimum Gasteiger partial charge on any atom is -0.454 e. The first kappa shape index (κ1) is 19.7. The zero-order chi connectivity index (χ0) is 16.9. The third kappa shape index (κ3) is 5.42. The number of carbonyl (C=O) groups excluding carboxylic acids is 1. The van der Waals surface area contributed by atoms with Crippen molar-refractivity contribution in [3.05, 3.63) is 58.3 Å². The normalized spacial score (nSPS) is 14.5. The maximum Gasteiger partial charge on any atom is 0.251 e. The molecule has 0 saturated carbocycles. The molecule has 2 N–H and O–H groups in total. The molecule has 0 spiro atoms.